The number of nitrogens with two attached hydrogens (primary N) is 1. The minimum absolute atomic E-state index is 0.00227. The molecule has 2 nitrogen and oxygen atoms in total. The van der Waals surface area contributed by atoms with Crippen molar-refractivity contribution in [3.8, 4) is 0 Å². The molecule has 0 radical (unpaired) electrons. The van der Waals surface area contributed by atoms with Crippen molar-refractivity contribution in [3.63, 3.8) is 0 Å². The fourth-order valence-electron chi connectivity index (χ4n) is 3.45. The Morgan fingerprint density at radius 3 is 2.56 bits per heavy atom. The molecule has 1 aliphatic carbocycles. The van der Waals surface area contributed by atoms with Gasteiger partial charge in [0.1, 0.15) is 0 Å². The molecule has 0 spiro atoms. The monoisotopic (exact) mass is 245 g/mol. The van der Waals surface area contributed by atoms with E-state index in [-0.39, 0.29) is 5.54 Å². The average molecular weight is 245 g/mol. The highest BCUT2D eigenvalue weighted by atomic mass is 16.5. The third-order valence-electron chi connectivity index (χ3n) is 4.43. The molecule has 0 aromatic heterocycles. The predicted octanol–water partition coefficient (Wildman–Crippen LogP) is 2.83. The maximum Gasteiger partial charge on any atom is 0.0576 e. The molecular weight excluding hydrogens is 222 g/mol. The fraction of sp³-hybridized carbons (Fsp3) is 0.625. The van der Waals surface area contributed by atoms with Gasteiger partial charge in [-0.2, -0.15) is 0 Å². The van der Waals surface area contributed by atoms with Crippen molar-refractivity contribution in [3.05, 3.63) is 35.4 Å². The molecule has 2 heteroatoms. The summed E-state index contributed by atoms with van der Waals surface area (Å²) in [4.78, 5) is 0. The lowest BCUT2D eigenvalue weighted by molar-refractivity contribution is 0.100. The average Bonchev–Trinajstić information content (AvgIpc) is 2.95. The smallest absolute Gasteiger partial charge is 0.0576 e. The van der Waals surface area contributed by atoms with Gasteiger partial charge in [0.05, 0.1) is 6.10 Å². The Morgan fingerprint density at radius 2 is 1.94 bits per heavy atom. The van der Waals surface area contributed by atoms with Gasteiger partial charge in [-0.25, -0.2) is 0 Å². The van der Waals surface area contributed by atoms with E-state index in [1.165, 1.54) is 36.8 Å². The molecule has 1 aliphatic heterocycles. The number of ether oxygens (including phenoxy) is 1. The third kappa shape index (κ3) is 2.60. The van der Waals surface area contributed by atoms with Crippen LogP contribution in [0.25, 0.3) is 0 Å². The first-order valence-electron chi connectivity index (χ1n) is 7.22. The van der Waals surface area contributed by atoms with Gasteiger partial charge in [-0.3, -0.25) is 0 Å². The first-order valence-corrected chi connectivity index (χ1v) is 7.22. The minimum Gasteiger partial charge on any atom is -0.378 e. The lowest BCUT2D eigenvalue weighted by Crippen LogP contribution is -2.40. The lowest BCUT2D eigenvalue weighted by Gasteiger charge is -2.24. The summed E-state index contributed by atoms with van der Waals surface area (Å²) in [5.41, 5.74) is 9.47. The van der Waals surface area contributed by atoms with Crippen LogP contribution in [0.4, 0.5) is 0 Å². The Bertz CT molecular complexity index is 384. The summed E-state index contributed by atoms with van der Waals surface area (Å²) >= 11 is 0. The van der Waals surface area contributed by atoms with Crippen LogP contribution in [0.5, 0.6) is 0 Å². The van der Waals surface area contributed by atoms with Crippen LogP contribution in [-0.2, 0) is 17.6 Å². The Labute approximate surface area is 110 Å². The molecule has 1 aromatic rings. The Hall–Kier alpha value is -0.860. The first-order chi connectivity index (χ1) is 8.75. The van der Waals surface area contributed by atoms with E-state index in [1.807, 2.05) is 0 Å². The molecule has 1 heterocycles. The SMILES string of the molecule is NC1(CCCC2CCCO2)Cc2ccccc2C1. The second kappa shape index (κ2) is 5.02. The van der Waals surface area contributed by atoms with Crippen molar-refractivity contribution in [2.45, 2.75) is 56.6 Å². The van der Waals surface area contributed by atoms with Gasteiger partial charge in [-0.15, -0.1) is 0 Å². The molecular formula is C16H23NO. The van der Waals surface area contributed by atoms with Crippen molar-refractivity contribution in [2.24, 2.45) is 5.73 Å². The van der Waals surface area contributed by atoms with Gasteiger partial charge in [0.15, 0.2) is 0 Å². The largest absolute Gasteiger partial charge is 0.378 e. The van der Waals surface area contributed by atoms with Crippen LogP contribution in [0.2, 0.25) is 0 Å². The Morgan fingerprint density at radius 1 is 1.22 bits per heavy atom. The van der Waals surface area contributed by atoms with E-state index in [4.69, 9.17) is 10.5 Å². The highest BCUT2D eigenvalue weighted by Crippen LogP contribution is 2.32. The highest BCUT2D eigenvalue weighted by molar-refractivity contribution is 5.35. The van der Waals surface area contributed by atoms with Crippen LogP contribution in [-0.4, -0.2) is 18.2 Å². The maximum atomic E-state index is 6.55. The van der Waals surface area contributed by atoms with Gasteiger partial charge in [0, 0.05) is 12.1 Å². The van der Waals surface area contributed by atoms with Crippen molar-refractivity contribution in [1.29, 1.82) is 0 Å². The third-order valence-corrected chi connectivity index (χ3v) is 4.43. The molecule has 2 aliphatic rings. The molecule has 1 fully saturated rings. The Balaban J connectivity index is 1.51. The Kier molecular flexibility index (Phi) is 3.40. The molecule has 0 saturated carbocycles. The molecule has 0 amide bonds. The summed E-state index contributed by atoms with van der Waals surface area (Å²) in [5, 5.41) is 0. The molecule has 2 N–H and O–H groups in total. The molecule has 18 heavy (non-hydrogen) atoms. The highest BCUT2D eigenvalue weighted by Gasteiger charge is 2.32. The molecule has 3 rings (SSSR count). The summed E-state index contributed by atoms with van der Waals surface area (Å²) in [7, 11) is 0. The summed E-state index contributed by atoms with van der Waals surface area (Å²) in [6.07, 6.45) is 8.62. The number of hydrogen-bond acceptors (Lipinski definition) is 2. The van der Waals surface area contributed by atoms with E-state index >= 15 is 0 Å². The maximum absolute atomic E-state index is 6.55. The van der Waals surface area contributed by atoms with Crippen molar-refractivity contribution < 1.29 is 4.74 Å². The van der Waals surface area contributed by atoms with Gasteiger partial charge in [-0.05, 0) is 56.1 Å². The van der Waals surface area contributed by atoms with Crippen molar-refractivity contribution in [2.75, 3.05) is 6.61 Å². The summed E-state index contributed by atoms with van der Waals surface area (Å²) in [6.45, 7) is 0.962. The lowest BCUT2D eigenvalue weighted by atomic mass is 9.90. The molecule has 0 bridgehead atoms. The molecule has 1 atom stereocenters. The number of benzene rings is 1. The summed E-state index contributed by atoms with van der Waals surface area (Å²) in [5.74, 6) is 0. The van der Waals surface area contributed by atoms with Crippen LogP contribution in [0.15, 0.2) is 24.3 Å². The van der Waals surface area contributed by atoms with Crippen molar-refractivity contribution in [1.82, 2.24) is 0 Å². The van der Waals surface area contributed by atoms with E-state index in [0.29, 0.717) is 6.10 Å². The van der Waals surface area contributed by atoms with E-state index in [1.54, 1.807) is 0 Å². The van der Waals surface area contributed by atoms with Gasteiger partial charge in [-0.1, -0.05) is 24.3 Å². The first kappa shape index (κ1) is 12.2. The second-order valence-electron chi connectivity index (χ2n) is 6.01. The van der Waals surface area contributed by atoms with E-state index < -0.39 is 0 Å². The van der Waals surface area contributed by atoms with Crippen LogP contribution in [0.3, 0.4) is 0 Å². The van der Waals surface area contributed by atoms with Crippen LogP contribution in [0, 0.1) is 0 Å². The zero-order valence-corrected chi connectivity index (χ0v) is 11.0. The van der Waals surface area contributed by atoms with E-state index in [2.05, 4.69) is 24.3 Å². The number of rotatable bonds is 4. The van der Waals surface area contributed by atoms with Gasteiger partial charge >= 0.3 is 0 Å². The fourth-order valence-corrected chi connectivity index (χ4v) is 3.45. The molecule has 1 unspecified atom stereocenters. The number of fused-ring (bicyclic) bond motifs is 1. The molecule has 1 saturated heterocycles. The normalized spacial score (nSPS) is 25.3. The second-order valence-corrected chi connectivity index (χ2v) is 6.01. The van der Waals surface area contributed by atoms with Gasteiger partial charge in [0.2, 0.25) is 0 Å². The zero-order chi connectivity index (χ0) is 12.4. The van der Waals surface area contributed by atoms with Crippen LogP contribution < -0.4 is 5.73 Å². The summed E-state index contributed by atoms with van der Waals surface area (Å²) in [6, 6.07) is 8.70. The number of hydrogen-bond donors (Lipinski definition) is 1. The summed E-state index contributed by atoms with van der Waals surface area (Å²) < 4.78 is 5.67. The van der Waals surface area contributed by atoms with Crippen LogP contribution in [0.1, 0.15) is 43.2 Å². The van der Waals surface area contributed by atoms with E-state index in [0.717, 1.165) is 25.9 Å². The topological polar surface area (TPSA) is 35.2 Å². The minimum atomic E-state index is 0.00227. The molecule has 1 aromatic carbocycles. The van der Waals surface area contributed by atoms with E-state index in [9.17, 15) is 0 Å². The zero-order valence-electron chi connectivity index (χ0n) is 11.0. The van der Waals surface area contributed by atoms with Gasteiger partial charge in [0.25, 0.3) is 0 Å². The quantitative estimate of drug-likeness (QED) is 0.885. The predicted molar refractivity (Wildman–Crippen MR) is 73.6 cm³/mol. The van der Waals surface area contributed by atoms with Gasteiger partial charge < -0.3 is 10.5 Å². The van der Waals surface area contributed by atoms with Crippen molar-refractivity contribution >= 4 is 0 Å². The standard InChI is InChI=1S/C16H23NO/c17-16(9-3-7-15-8-4-10-18-15)11-13-5-1-2-6-14(13)12-16/h1-2,5-6,15H,3-4,7-12,17H2. The molecule has 98 valence electrons. The van der Waals surface area contributed by atoms with Crippen LogP contribution >= 0.6 is 0 Å².